The van der Waals surface area contributed by atoms with E-state index in [2.05, 4.69) is 5.16 Å². The van der Waals surface area contributed by atoms with E-state index in [0.717, 1.165) is 11.1 Å². The van der Waals surface area contributed by atoms with Crippen LogP contribution in [0, 0.1) is 22.9 Å². The number of ether oxygens (including phenoxy) is 1. The van der Waals surface area contributed by atoms with Crippen molar-refractivity contribution in [2.24, 2.45) is 0 Å². The minimum Gasteiger partial charge on any atom is -0.489 e. The minimum atomic E-state index is -0.520. The number of hydrogen-bond donors (Lipinski definition) is 0. The highest BCUT2D eigenvalue weighted by Gasteiger charge is 2.21. The van der Waals surface area contributed by atoms with Crippen molar-refractivity contribution in [3.05, 3.63) is 87.0 Å². The average molecular weight is 354 g/mol. The van der Waals surface area contributed by atoms with E-state index in [1.54, 1.807) is 36.4 Å². The van der Waals surface area contributed by atoms with Gasteiger partial charge in [0.05, 0.1) is 4.92 Å². The van der Waals surface area contributed by atoms with Crippen LogP contribution in [-0.2, 0) is 6.61 Å². The van der Waals surface area contributed by atoms with Crippen LogP contribution >= 0.6 is 0 Å². The molecule has 6 nitrogen and oxygen atoms in total. The predicted octanol–water partition coefficient (Wildman–Crippen LogP) is 4.78. The van der Waals surface area contributed by atoms with Crippen molar-refractivity contribution >= 4 is 17.8 Å². The van der Waals surface area contributed by atoms with Crippen molar-refractivity contribution in [3.63, 3.8) is 0 Å². The summed E-state index contributed by atoms with van der Waals surface area (Å²) in [4.78, 5) is 10.5. The van der Waals surface area contributed by atoms with E-state index < -0.39 is 4.92 Å². The van der Waals surface area contributed by atoms with Crippen molar-refractivity contribution in [2.75, 3.05) is 0 Å². The molecule has 26 heavy (non-hydrogen) atoms. The molecule has 0 atom stereocenters. The molecule has 0 saturated carbocycles. The van der Waals surface area contributed by atoms with Gasteiger partial charge in [-0.3, -0.25) is 10.1 Å². The Labute approximate surface area is 148 Å². The van der Waals surface area contributed by atoms with Crippen molar-refractivity contribution in [3.8, 4) is 5.75 Å². The summed E-state index contributed by atoms with van der Waals surface area (Å²) in [5.41, 5.74) is 1.71. The van der Waals surface area contributed by atoms with E-state index in [-0.39, 0.29) is 23.0 Å². The van der Waals surface area contributed by atoms with Crippen LogP contribution in [-0.4, -0.2) is 10.1 Å². The third kappa shape index (κ3) is 4.13. The summed E-state index contributed by atoms with van der Waals surface area (Å²) in [5.74, 6) is 0.419. The number of halogens is 1. The van der Waals surface area contributed by atoms with Crippen LogP contribution in [0.15, 0.2) is 53.1 Å². The first-order chi connectivity index (χ1) is 12.5. The lowest BCUT2D eigenvalue weighted by atomic mass is 10.2. The molecule has 0 saturated heterocycles. The van der Waals surface area contributed by atoms with Crippen LogP contribution in [0.3, 0.4) is 0 Å². The summed E-state index contributed by atoms with van der Waals surface area (Å²) in [6, 6.07) is 13.3. The lowest BCUT2D eigenvalue weighted by Gasteiger charge is -2.07. The lowest BCUT2D eigenvalue weighted by molar-refractivity contribution is -0.386. The average Bonchev–Trinajstić information content (AvgIpc) is 3.01. The molecule has 3 rings (SSSR count). The highest BCUT2D eigenvalue weighted by Crippen LogP contribution is 2.25. The maximum absolute atomic E-state index is 12.9. The van der Waals surface area contributed by atoms with Crippen LogP contribution in [0.5, 0.6) is 5.75 Å². The van der Waals surface area contributed by atoms with E-state index in [4.69, 9.17) is 9.26 Å². The summed E-state index contributed by atoms with van der Waals surface area (Å²) < 4.78 is 23.6. The van der Waals surface area contributed by atoms with Gasteiger partial charge in [0.15, 0.2) is 5.69 Å². The van der Waals surface area contributed by atoms with Crippen LogP contribution in [0.4, 0.5) is 10.1 Å². The van der Waals surface area contributed by atoms with Gasteiger partial charge in [-0.2, -0.15) is 0 Å². The summed E-state index contributed by atoms with van der Waals surface area (Å²) in [6.07, 6.45) is 3.18. The van der Waals surface area contributed by atoms with Crippen molar-refractivity contribution < 1.29 is 18.6 Å². The molecular formula is C19H15FN2O4. The Hall–Kier alpha value is -3.48. The normalized spacial score (nSPS) is 11.0. The molecule has 1 aromatic heterocycles. The molecule has 1 heterocycles. The summed E-state index contributed by atoms with van der Waals surface area (Å²) >= 11 is 0. The Morgan fingerprint density at radius 3 is 2.73 bits per heavy atom. The molecule has 0 radical (unpaired) electrons. The molecule has 0 fully saturated rings. The molecule has 0 aliphatic rings. The molecular weight excluding hydrogens is 339 g/mol. The van der Waals surface area contributed by atoms with Crippen molar-refractivity contribution in [1.82, 2.24) is 5.16 Å². The molecule has 0 bridgehead atoms. The lowest BCUT2D eigenvalue weighted by Crippen LogP contribution is -1.95. The molecule has 0 amide bonds. The number of rotatable bonds is 6. The van der Waals surface area contributed by atoms with Gasteiger partial charge in [0.2, 0.25) is 5.76 Å². The van der Waals surface area contributed by atoms with E-state index in [0.29, 0.717) is 12.4 Å². The maximum atomic E-state index is 12.9. The molecule has 0 aliphatic heterocycles. The first-order valence-corrected chi connectivity index (χ1v) is 7.79. The molecule has 132 valence electrons. The van der Waals surface area contributed by atoms with Gasteiger partial charge in [-0.05, 0) is 48.4 Å². The van der Waals surface area contributed by atoms with Gasteiger partial charge < -0.3 is 9.26 Å². The standard InChI is InChI=1S/C19H15FN2O4/c1-13-19(22(23)24)18(26-21-13)10-7-14-3-2-4-17(11-14)25-12-15-5-8-16(20)9-6-15/h2-11H,12H2,1H3/b10-7-. The van der Waals surface area contributed by atoms with Gasteiger partial charge in [0, 0.05) is 0 Å². The quantitative estimate of drug-likeness (QED) is 0.470. The molecule has 0 N–H and O–H groups in total. The third-order valence-electron chi connectivity index (χ3n) is 3.64. The first kappa shape index (κ1) is 17.3. The fourth-order valence-corrected chi connectivity index (χ4v) is 2.34. The van der Waals surface area contributed by atoms with Crippen LogP contribution < -0.4 is 4.74 Å². The predicted molar refractivity (Wildman–Crippen MR) is 94.0 cm³/mol. The molecule has 0 unspecified atom stereocenters. The zero-order chi connectivity index (χ0) is 18.5. The minimum absolute atomic E-state index is 0.0881. The zero-order valence-corrected chi connectivity index (χ0v) is 13.9. The van der Waals surface area contributed by atoms with E-state index in [1.165, 1.54) is 25.1 Å². The van der Waals surface area contributed by atoms with E-state index >= 15 is 0 Å². The monoisotopic (exact) mass is 354 g/mol. The molecule has 0 spiro atoms. The number of nitrogens with zero attached hydrogens (tertiary/aromatic N) is 2. The highest BCUT2D eigenvalue weighted by molar-refractivity contribution is 5.72. The number of aryl methyl sites for hydroxylation is 1. The van der Waals surface area contributed by atoms with E-state index in [1.807, 2.05) is 6.07 Å². The fraction of sp³-hybridized carbons (Fsp3) is 0.105. The van der Waals surface area contributed by atoms with Gasteiger partial charge in [-0.25, -0.2) is 4.39 Å². The van der Waals surface area contributed by atoms with Crippen LogP contribution in [0.2, 0.25) is 0 Å². The Morgan fingerprint density at radius 1 is 1.23 bits per heavy atom. The Kier molecular flexibility index (Phi) is 5.07. The van der Waals surface area contributed by atoms with Gasteiger partial charge in [-0.1, -0.05) is 35.5 Å². The second kappa shape index (κ2) is 7.60. The third-order valence-corrected chi connectivity index (χ3v) is 3.64. The SMILES string of the molecule is Cc1noc(/C=C\c2cccc(OCc3ccc(F)cc3)c2)c1[N+](=O)[O-]. The number of nitro groups is 1. The summed E-state index contributed by atoms with van der Waals surface area (Å²) in [5, 5.41) is 14.7. The second-order valence-electron chi connectivity index (χ2n) is 5.56. The molecule has 3 aromatic rings. The molecule has 7 heteroatoms. The highest BCUT2D eigenvalue weighted by atomic mass is 19.1. The smallest absolute Gasteiger partial charge is 0.338 e. The van der Waals surface area contributed by atoms with Crippen LogP contribution in [0.25, 0.3) is 12.2 Å². The summed E-state index contributed by atoms with van der Waals surface area (Å²) in [6.45, 7) is 1.82. The van der Waals surface area contributed by atoms with E-state index in [9.17, 15) is 14.5 Å². The van der Waals surface area contributed by atoms with Gasteiger partial charge >= 0.3 is 5.69 Å². The summed E-state index contributed by atoms with van der Waals surface area (Å²) in [7, 11) is 0. The largest absolute Gasteiger partial charge is 0.489 e. The zero-order valence-electron chi connectivity index (χ0n) is 13.9. The number of benzene rings is 2. The Balaban J connectivity index is 1.71. The van der Waals surface area contributed by atoms with Crippen molar-refractivity contribution in [1.29, 1.82) is 0 Å². The molecule has 2 aromatic carbocycles. The first-order valence-electron chi connectivity index (χ1n) is 7.79. The van der Waals surface area contributed by atoms with Gasteiger partial charge in [-0.15, -0.1) is 0 Å². The number of aromatic nitrogens is 1. The van der Waals surface area contributed by atoms with Crippen LogP contribution in [0.1, 0.15) is 22.6 Å². The second-order valence-corrected chi connectivity index (χ2v) is 5.56. The van der Waals surface area contributed by atoms with Gasteiger partial charge in [0.25, 0.3) is 0 Å². The topological polar surface area (TPSA) is 78.4 Å². The van der Waals surface area contributed by atoms with Crippen molar-refractivity contribution in [2.45, 2.75) is 13.5 Å². The Morgan fingerprint density at radius 2 is 2.00 bits per heavy atom. The Bertz CT molecular complexity index is 948. The van der Waals surface area contributed by atoms with Gasteiger partial charge in [0.1, 0.15) is 18.2 Å². The number of hydrogen-bond acceptors (Lipinski definition) is 5. The fourth-order valence-electron chi connectivity index (χ4n) is 2.34. The molecule has 0 aliphatic carbocycles. The maximum Gasteiger partial charge on any atom is 0.338 e.